The molecule has 0 aliphatic heterocycles. The van der Waals surface area contributed by atoms with Crippen LogP contribution in [0.15, 0.2) is 24.3 Å². The van der Waals surface area contributed by atoms with E-state index in [2.05, 4.69) is 24.5 Å². The number of rotatable bonds is 15. The molecule has 226 valence electrons. The summed E-state index contributed by atoms with van der Waals surface area (Å²) in [4.78, 5) is 26.6. The summed E-state index contributed by atoms with van der Waals surface area (Å²) in [6.45, 7) is 5.05. The molecule has 2 N–H and O–H groups in total. The van der Waals surface area contributed by atoms with Crippen LogP contribution in [0.25, 0.3) is 11.3 Å². The van der Waals surface area contributed by atoms with Gasteiger partial charge in [0, 0.05) is 25.0 Å². The lowest BCUT2D eigenvalue weighted by Crippen LogP contribution is -2.44. The lowest BCUT2D eigenvalue weighted by molar-refractivity contribution is -0.122. The SMILES string of the molecule is CCC(CC)Cn1nc(C(=O)N[C@@H](CCC2CCCCC2)CC(=O)NC2CCC2)cc1-c1c(OC)cccc1OC. The summed E-state index contributed by atoms with van der Waals surface area (Å²) in [5, 5.41) is 11.2. The van der Waals surface area contributed by atoms with Gasteiger partial charge in [-0.2, -0.15) is 5.10 Å². The smallest absolute Gasteiger partial charge is 0.272 e. The van der Waals surface area contributed by atoms with Gasteiger partial charge in [-0.1, -0.05) is 64.9 Å². The zero-order valence-electron chi connectivity index (χ0n) is 25.5. The van der Waals surface area contributed by atoms with Crippen LogP contribution in [0.4, 0.5) is 0 Å². The molecule has 0 radical (unpaired) electrons. The average Bonchev–Trinajstić information content (AvgIpc) is 3.40. The van der Waals surface area contributed by atoms with E-state index in [4.69, 9.17) is 14.6 Å². The van der Waals surface area contributed by atoms with E-state index in [1.807, 2.05) is 28.9 Å². The van der Waals surface area contributed by atoms with Gasteiger partial charge in [-0.25, -0.2) is 0 Å². The Morgan fingerprint density at radius 2 is 1.68 bits per heavy atom. The van der Waals surface area contributed by atoms with E-state index in [1.54, 1.807) is 14.2 Å². The van der Waals surface area contributed by atoms with E-state index in [1.165, 1.54) is 38.5 Å². The van der Waals surface area contributed by atoms with Crippen LogP contribution in [0.3, 0.4) is 0 Å². The van der Waals surface area contributed by atoms with Gasteiger partial charge in [0.2, 0.25) is 5.91 Å². The quantitative estimate of drug-likeness (QED) is 0.256. The third-order valence-electron chi connectivity index (χ3n) is 9.17. The highest BCUT2D eigenvalue weighted by molar-refractivity contribution is 5.94. The average molecular weight is 567 g/mol. The highest BCUT2D eigenvalue weighted by atomic mass is 16.5. The number of methoxy groups -OCH3 is 2. The van der Waals surface area contributed by atoms with Crippen molar-refractivity contribution in [1.29, 1.82) is 0 Å². The Kier molecular flexibility index (Phi) is 11.5. The van der Waals surface area contributed by atoms with Crippen molar-refractivity contribution in [3.8, 4) is 22.8 Å². The largest absolute Gasteiger partial charge is 0.496 e. The normalized spacial score (nSPS) is 16.7. The molecular weight excluding hydrogens is 516 g/mol. The Hall–Kier alpha value is -3.03. The van der Waals surface area contributed by atoms with Crippen molar-refractivity contribution in [3.05, 3.63) is 30.0 Å². The van der Waals surface area contributed by atoms with Crippen molar-refractivity contribution in [3.63, 3.8) is 0 Å². The van der Waals surface area contributed by atoms with E-state index in [0.29, 0.717) is 42.0 Å². The predicted molar refractivity (Wildman–Crippen MR) is 162 cm³/mol. The van der Waals surface area contributed by atoms with E-state index in [9.17, 15) is 9.59 Å². The van der Waals surface area contributed by atoms with Crippen LogP contribution >= 0.6 is 0 Å². The molecule has 8 nitrogen and oxygen atoms in total. The number of hydrogen-bond acceptors (Lipinski definition) is 5. The molecule has 0 unspecified atom stereocenters. The van der Waals surface area contributed by atoms with E-state index < -0.39 is 0 Å². The second-order valence-corrected chi connectivity index (χ2v) is 12.0. The van der Waals surface area contributed by atoms with Crippen LogP contribution in [0.2, 0.25) is 0 Å². The third-order valence-corrected chi connectivity index (χ3v) is 9.17. The standard InChI is InChI=1S/C33H50N4O4/c1-5-23(6-2)22-37-28(32-29(40-3)16-11-17-30(32)41-4)21-27(36-37)33(39)35-26(19-18-24-12-8-7-9-13-24)20-31(38)34-25-14-10-15-25/h11,16-17,21,23-26H,5-10,12-15,18-20,22H2,1-4H3,(H,34,38)(H,35,39)/t26-/m0/s1. The second kappa shape index (κ2) is 15.3. The zero-order valence-corrected chi connectivity index (χ0v) is 25.5. The molecule has 1 heterocycles. The molecule has 2 saturated carbocycles. The highest BCUT2D eigenvalue weighted by Gasteiger charge is 2.27. The molecule has 2 fully saturated rings. The van der Waals surface area contributed by atoms with Gasteiger partial charge in [0.25, 0.3) is 5.91 Å². The van der Waals surface area contributed by atoms with Crippen LogP contribution < -0.4 is 20.1 Å². The van der Waals surface area contributed by atoms with Gasteiger partial charge in [-0.3, -0.25) is 14.3 Å². The Bertz CT molecular complexity index is 1110. The number of carbonyl (C=O) groups excluding carboxylic acids is 2. The molecule has 2 aliphatic carbocycles. The number of carbonyl (C=O) groups is 2. The molecule has 0 spiro atoms. The molecule has 1 aromatic carbocycles. The summed E-state index contributed by atoms with van der Waals surface area (Å²) in [7, 11) is 3.28. The van der Waals surface area contributed by atoms with Crippen LogP contribution in [0.5, 0.6) is 11.5 Å². The van der Waals surface area contributed by atoms with Crippen LogP contribution in [0, 0.1) is 11.8 Å². The number of amides is 2. The van der Waals surface area contributed by atoms with Crippen molar-refractivity contribution >= 4 is 11.8 Å². The lowest BCUT2D eigenvalue weighted by atomic mass is 9.85. The molecule has 0 saturated heterocycles. The fraction of sp³-hybridized carbons (Fsp3) is 0.667. The maximum Gasteiger partial charge on any atom is 0.272 e. The topological polar surface area (TPSA) is 94.5 Å². The van der Waals surface area contributed by atoms with E-state index in [0.717, 1.165) is 49.8 Å². The molecule has 2 amide bonds. The summed E-state index contributed by atoms with van der Waals surface area (Å²) in [5.41, 5.74) is 1.92. The second-order valence-electron chi connectivity index (χ2n) is 12.0. The molecule has 0 bridgehead atoms. The molecule has 1 aromatic heterocycles. The van der Waals surface area contributed by atoms with Gasteiger partial charge in [0.05, 0.1) is 25.5 Å². The molecule has 41 heavy (non-hydrogen) atoms. The Balaban J connectivity index is 1.57. The maximum atomic E-state index is 13.7. The monoisotopic (exact) mass is 566 g/mol. The van der Waals surface area contributed by atoms with Gasteiger partial charge in [0.15, 0.2) is 5.69 Å². The Labute approximate surface area is 245 Å². The summed E-state index contributed by atoms with van der Waals surface area (Å²) >= 11 is 0. The van der Waals surface area contributed by atoms with E-state index in [-0.39, 0.29) is 23.9 Å². The van der Waals surface area contributed by atoms with Crippen LogP contribution in [-0.2, 0) is 11.3 Å². The van der Waals surface area contributed by atoms with Gasteiger partial charge >= 0.3 is 0 Å². The van der Waals surface area contributed by atoms with Gasteiger partial charge in [-0.05, 0) is 62.1 Å². The molecule has 8 heteroatoms. The fourth-order valence-electron chi connectivity index (χ4n) is 6.22. The van der Waals surface area contributed by atoms with Crippen molar-refractivity contribution in [1.82, 2.24) is 20.4 Å². The minimum atomic E-state index is -0.242. The summed E-state index contributed by atoms with van der Waals surface area (Å²) in [5.74, 6) is 2.22. The van der Waals surface area contributed by atoms with Gasteiger partial charge in [0.1, 0.15) is 11.5 Å². The molecule has 1 atom stereocenters. The maximum absolute atomic E-state index is 13.7. The molecule has 2 aromatic rings. The number of nitrogens with one attached hydrogen (secondary N) is 2. The van der Waals surface area contributed by atoms with E-state index >= 15 is 0 Å². The number of benzene rings is 1. The first-order valence-electron chi connectivity index (χ1n) is 15.8. The summed E-state index contributed by atoms with van der Waals surface area (Å²) in [6, 6.07) is 7.59. The first-order chi connectivity index (χ1) is 19.9. The fourth-order valence-corrected chi connectivity index (χ4v) is 6.22. The van der Waals surface area contributed by atoms with Crippen molar-refractivity contribution < 1.29 is 19.1 Å². The number of nitrogens with zero attached hydrogens (tertiary/aromatic N) is 2. The van der Waals surface area contributed by atoms with Crippen molar-refractivity contribution in [2.45, 2.75) is 116 Å². The number of aromatic nitrogens is 2. The summed E-state index contributed by atoms with van der Waals surface area (Å²) in [6.07, 6.45) is 13.8. The van der Waals surface area contributed by atoms with Gasteiger partial charge in [-0.15, -0.1) is 0 Å². The Morgan fingerprint density at radius 3 is 2.27 bits per heavy atom. The number of ether oxygens (including phenoxy) is 2. The molecule has 2 aliphatic rings. The van der Waals surface area contributed by atoms with Gasteiger partial charge < -0.3 is 20.1 Å². The van der Waals surface area contributed by atoms with Crippen LogP contribution in [0.1, 0.15) is 108 Å². The molecule has 4 rings (SSSR count). The minimum absolute atomic E-state index is 0.0300. The third kappa shape index (κ3) is 8.26. The van der Waals surface area contributed by atoms with Crippen molar-refractivity contribution in [2.24, 2.45) is 11.8 Å². The first-order valence-corrected chi connectivity index (χ1v) is 15.8. The molecular formula is C33H50N4O4. The van der Waals surface area contributed by atoms with Crippen molar-refractivity contribution in [2.75, 3.05) is 14.2 Å². The zero-order chi connectivity index (χ0) is 29.2. The lowest BCUT2D eigenvalue weighted by Gasteiger charge is -2.28. The predicted octanol–water partition coefficient (Wildman–Crippen LogP) is 6.52. The number of hydrogen-bond donors (Lipinski definition) is 2. The summed E-state index contributed by atoms with van der Waals surface area (Å²) < 4.78 is 13.3. The minimum Gasteiger partial charge on any atom is -0.496 e. The Morgan fingerprint density at radius 1 is 1.00 bits per heavy atom. The van der Waals surface area contributed by atoms with Crippen LogP contribution in [-0.4, -0.2) is 47.9 Å². The first kappa shape index (κ1) is 30.9. The highest BCUT2D eigenvalue weighted by Crippen LogP contribution is 2.39.